The summed E-state index contributed by atoms with van der Waals surface area (Å²) >= 11 is 0. The maximum absolute atomic E-state index is 12.7. The van der Waals surface area contributed by atoms with Crippen LogP contribution in [0.2, 0.25) is 0 Å². The van der Waals surface area contributed by atoms with Gasteiger partial charge >= 0.3 is 0 Å². The molecule has 90 valence electrons. The minimum absolute atomic E-state index is 0.183. The van der Waals surface area contributed by atoms with Crippen LogP contribution in [0, 0.1) is 5.82 Å². The summed E-state index contributed by atoms with van der Waals surface area (Å²) < 4.78 is 17.8. The molecular formula is C13H20FNO. The number of hydrogen-bond acceptors (Lipinski definition) is 2. The number of benzene rings is 1. The van der Waals surface area contributed by atoms with Crippen LogP contribution in [-0.2, 0) is 11.2 Å². The van der Waals surface area contributed by atoms with E-state index in [9.17, 15) is 4.39 Å². The van der Waals surface area contributed by atoms with Crippen molar-refractivity contribution >= 4 is 0 Å². The van der Waals surface area contributed by atoms with Crippen molar-refractivity contribution in [1.82, 2.24) is 5.32 Å². The Morgan fingerprint density at radius 2 is 1.81 bits per heavy atom. The third-order valence-electron chi connectivity index (χ3n) is 2.44. The minimum Gasteiger partial charge on any atom is -0.383 e. The Kier molecular flexibility index (Phi) is 5.43. The van der Waals surface area contributed by atoms with E-state index < -0.39 is 0 Å². The van der Waals surface area contributed by atoms with E-state index in [1.54, 1.807) is 7.11 Å². The minimum atomic E-state index is -0.183. The summed E-state index contributed by atoms with van der Waals surface area (Å²) in [6.07, 6.45) is 0.897. The Morgan fingerprint density at radius 3 is 2.38 bits per heavy atom. The summed E-state index contributed by atoms with van der Waals surface area (Å²) in [5.74, 6) is -0.183. The molecule has 0 fully saturated rings. The second-order valence-corrected chi connectivity index (χ2v) is 4.25. The molecule has 16 heavy (non-hydrogen) atoms. The zero-order valence-corrected chi connectivity index (χ0v) is 10.2. The van der Waals surface area contributed by atoms with E-state index in [1.165, 1.54) is 12.1 Å². The molecular weight excluding hydrogens is 205 g/mol. The number of hydrogen-bond donors (Lipinski definition) is 1. The Morgan fingerprint density at radius 1 is 1.19 bits per heavy atom. The highest BCUT2D eigenvalue weighted by Crippen LogP contribution is 2.06. The van der Waals surface area contributed by atoms with Crippen molar-refractivity contribution in [3.8, 4) is 0 Å². The normalized spacial score (nSPS) is 14.8. The van der Waals surface area contributed by atoms with Gasteiger partial charge in [0.2, 0.25) is 0 Å². The summed E-state index contributed by atoms with van der Waals surface area (Å²) in [7, 11) is 1.70. The third kappa shape index (κ3) is 4.73. The molecule has 1 N–H and O–H groups in total. The van der Waals surface area contributed by atoms with Crippen molar-refractivity contribution in [2.45, 2.75) is 32.4 Å². The van der Waals surface area contributed by atoms with Gasteiger partial charge in [-0.15, -0.1) is 0 Å². The molecule has 0 heterocycles. The van der Waals surface area contributed by atoms with E-state index in [1.807, 2.05) is 12.1 Å². The lowest BCUT2D eigenvalue weighted by Crippen LogP contribution is -2.38. The number of nitrogens with one attached hydrogen (secondary N) is 1. The van der Waals surface area contributed by atoms with Crippen LogP contribution in [0.1, 0.15) is 19.4 Å². The molecule has 0 saturated heterocycles. The summed E-state index contributed by atoms with van der Waals surface area (Å²) in [4.78, 5) is 0. The standard InChI is InChI=1S/C13H20FNO/c1-10(15-11(2)9-16-3)8-12-4-6-13(14)7-5-12/h4-7,10-11,15H,8-9H2,1-3H3. The van der Waals surface area contributed by atoms with Crippen LogP contribution >= 0.6 is 0 Å². The molecule has 0 aliphatic heterocycles. The Hall–Kier alpha value is -0.930. The summed E-state index contributed by atoms with van der Waals surface area (Å²) in [6, 6.07) is 7.35. The van der Waals surface area contributed by atoms with Gasteiger partial charge in [0.15, 0.2) is 0 Å². The highest BCUT2D eigenvalue weighted by Gasteiger charge is 2.07. The van der Waals surface area contributed by atoms with E-state index in [0.29, 0.717) is 18.7 Å². The Balaban J connectivity index is 2.39. The fourth-order valence-electron chi connectivity index (χ4n) is 1.82. The Labute approximate surface area is 96.8 Å². The van der Waals surface area contributed by atoms with Crippen LogP contribution in [0.25, 0.3) is 0 Å². The van der Waals surface area contributed by atoms with Gasteiger partial charge in [-0.05, 0) is 38.0 Å². The average molecular weight is 225 g/mol. The van der Waals surface area contributed by atoms with Crippen molar-refractivity contribution in [3.05, 3.63) is 35.6 Å². The maximum Gasteiger partial charge on any atom is 0.123 e. The first-order valence-corrected chi connectivity index (χ1v) is 5.61. The van der Waals surface area contributed by atoms with Gasteiger partial charge in [-0.2, -0.15) is 0 Å². The van der Waals surface area contributed by atoms with E-state index in [4.69, 9.17) is 4.74 Å². The first kappa shape index (κ1) is 13.1. The van der Waals surface area contributed by atoms with Crippen molar-refractivity contribution < 1.29 is 9.13 Å². The smallest absolute Gasteiger partial charge is 0.123 e. The van der Waals surface area contributed by atoms with Gasteiger partial charge in [-0.3, -0.25) is 0 Å². The summed E-state index contributed by atoms with van der Waals surface area (Å²) in [5, 5.41) is 3.43. The maximum atomic E-state index is 12.7. The van der Waals surface area contributed by atoms with Crippen LogP contribution in [-0.4, -0.2) is 25.8 Å². The molecule has 0 aromatic heterocycles. The lowest BCUT2D eigenvalue weighted by molar-refractivity contribution is 0.167. The first-order chi connectivity index (χ1) is 7.61. The van der Waals surface area contributed by atoms with Gasteiger partial charge in [-0.1, -0.05) is 12.1 Å². The number of ether oxygens (including phenoxy) is 1. The summed E-state index contributed by atoms with van der Waals surface area (Å²) in [5.41, 5.74) is 1.14. The number of rotatable bonds is 6. The van der Waals surface area contributed by atoms with Crippen molar-refractivity contribution in [1.29, 1.82) is 0 Å². The third-order valence-corrected chi connectivity index (χ3v) is 2.44. The van der Waals surface area contributed by atoms with Crippen LogP contribution in [0.15, 0.2) is 24.3 Å². The molecule has 0 spiro atoms. The lowest BCUT2D eigenvalue weighted by Gasteiger charge is -2.19. The highest BCUT2D eigenvalue weighted by molar-refractivity contribution is 5.17. The van der Waals surface area contributed by atoms with Crippen molar-refractivity contribution in [2.24, 2.45) is 0 Å². The zero-order valence-electron chi connectivity index (χ0n) is 10.2. The fraction of sp³-hybridized carbons (Fsp3) is 0.538. The molecule has 1 aromatic carbocycles. The molecule has 1 rings (SSSR count). The van der Waals surface area contributed by atoms with Crippen LogP contribution in [0.5, 0.6) is 0 Å². The molecule has 1 aromatic rings. The molecule has 0 aliphatic rings. The highest BCUT2D eigenvalue weighted by atomic mass is 19.1. The van der Waals surface area contributed by atoms with Crippen LogP contribution in [0.4, 0.5) is 4.39 Å². The van der Waals surface area contributed by atoms with Gasteiger partial charge in [0.25, 0.3) is 0 Å². The molecule has 2 nitrogen and oxygen atoms in total. The molecule has 0 bridgehead atoms. The van der Waals surface area contributed by atoms with Crippen molar-refractivity contribution in [2.75, 3.05) is 13.7 Å². The molecule has 0 aliphatic carbocycles. The lowest BCUT2D eigenvalue weighted by atomic mass is 10.1. The van der Waals surface area contributed by atoms with Gasteiger partial charge in [0.05, 0.1) is 6.61 Å². The molecule has 0 saturated carbocycles. The van der Waals surface area contributed by atoms with Gasteiger partial charge in [0, 0.05) is 19.2 Å². The average Bonchev–Trinajstić information content (AvgIpc) is 2.21. The monoisotopic (exact) mass is 225 g/mol. The van der Waals surface area contributed by atoms with Crippen molar-refractivity contribution in [3.63, 3.8) is 0 Å². The quantitative estimate of drug-likeness (QED) is 0.802. The second-order valence-electron chi connectivity index (χ2n) is 4.25. The molecule has 3 heteroatoms. The SMILES string of the molecule is COCC(C)NC(C)Cc1ccc(F)cc1. The summed E-state index contributed by atoms with van der Waals surface area (Å²) in [6.45, 7) is 4.91. The fourth-order valence-corrected chi connectivity index (χ4v) is 1.82. The zero-order chi connectivity index (χ0) is 12.0. The van der Waals surface area contributed by atoms with E-state index in [-0.39, 0.29) is 5.82 Å². The molecule has 0 amide bonds. The molecule has 2 atom stereocenters. The van der Waals surface area contributed by atoms with E-state index in [2.05, 4.69) is 19.2 Å². The van der Waals surface area contributed by atoms with Gasteiger partial charge < -0.3 is 10.1 Å². The predicted molar refractivity (Wildman–Crippen MR) is 64.0 cm³/mol. The predicted octanol–water partition coefficient (Wildman–Crippen LogP) is 2.38. The first-order valence-electron chi connectivity index (χ1n) is 5.61. The van der Waals surface area contributed by atoms with Crippen LogP contribution in [0.3, 0.4) is 0 Å². The largest absolute Gasteiger partial charge is 0.383 e. The Bertz CT molecular complexity index is 299. The topological polar surface area (TPSA) is 21.3 Å². The van der Waals surface area contributed by atoms with E-state index >= 15 is 0 Å². The second kappa shape index (κ2) is 6.61. The number of halogens is 1. The number of methoxy groups -OCH3 is 1. The van der Waals surface area contributed by atoms with Gasteiger partial charge in [0.1, 0.15) is 5.82 Å². The molecule has 0 radical (unpaired) electrons. The van der Waals surface area contributed by atoms with Gasteiger partial charge in [-0.25, -0.2) is 4.39 Å². The van der Waals surface area contributed by atoms with E-state index in [0.717, 1.165) is 12.0 Å². The molecule has 2 unspecified atom stereocenters. The van der Waals surface area contributed by atoms with Crippen LogP contribution < -0.4 is 5.32 Å².